The summed E-state index contributed by atoms with van der Waals surface area (Å²) in [4.78, 5) is 12.5. The zero-order valence-electron chi connectivity index (χ0n) is 11.7. The number of amides is 1. The first kappa shape index (κ1) is 16.3. The second-order valence-corrected chi connectivity index (χ2v) is 5.88. The highest BCUT2D eigenvalue weighted by atomic mass is 35.5. The van der Waals surface area contributed by atoms with Crippen molar-refractivity contribution in [2.75, 3.05) is 11.8 Å². The molecule has 0 aliphatic heterocycles. The second kappa shape index (κ2) is 6.62. The molecular weight excluding hydrogens is 281 g/mol. The van der Waals surface area contributed by atoms with Crippen LogP contribution in [0.4, 0.5) is 0 Å². The van der Waals surface area contributed by atoms with Gasteiger partial charge in [-0.15, -0.1) is 23.2 Å². The summed E-state index contributed by atoms with van der Waals surface area (Å²) >= 11 is 11.9. The molecule has 1 amide bonds. The summed E-state index contributed by atoms with van der Waals surface area (Å²) in [5, 5.41) is 3.02. The van der Waals surface area contributed by atoms with Gasteiger partial charge in [0.1, 0.15) is 0 Å². The average Bonchev–Trinajstić information content (AvgIpc) is 2.45. The van der Waals surface area contributed by atoms with Crippen LogP contribution in [0.2, 0.25) is 0 Å². The minimum absolute atomic E-state index is 0.0538. The Balaban J connectivity index is 2.94. The SMILES string of the molecule is CCC(CCl)(CCl)NC(=O)C(C)(C)c1ccccc1. The predicted octanol–water partition coefficient (Wildman–Crippen LogP) is 3.71. The largest absolute Gasteiger partial charge is 0.348 e. The number of rotatable bonds is 6. The highest BCUT2D eigenvalue weighted by Gasteiger charge is 2.36. The van der Waals surface area contributed by atoms with Gasteiger partial charge < -0.3 is 5.32 Å². The molecule has 1 aromatic rings. The average molecular weight is 302 g/mol. The summed E-state index contributed by atoms with van der Waals surface area (Å²) < 4.78 is 0. The molecule has 19 heavy (non-hydrogen) atoms. The normalized spacial score (nSPS) is 12.3. The number of hydrogen-bond acceptors (Lipinski definition) is 1. The van der Waals surface area contributed by atoms with E-state index in [1.807, 2.05) is 51.1 Å². The Kier molecular flexibility index (Phi) is 5.69. The van der Waals surface area contributed by atoms with Gasteiger partial charge in [-0.1, -0.05) is 37.3 Å². The highest BCUT2D eigenvalue weighted by molar-refractivity contribution is 6.22. The Labute approximate surface area is 125 Å². The van der Waals surface area contributed by atoms with Crippen LogP contribution in [0.3, 0.4) is 0 Å². The number of hydrogen-bond donors (Lipinski definition) is 1. The molecule has 0 radical (unpaired) electrons. The minimum atomic E-state index is -0.611. The molecule has 1 rings (SSSR count). The van der Waals surface area contributed by atoms with Crippen molar-refractivity contribution < 1.29 is 4.79 Å². The van der Waals surface area contributed by atoms with Gasteiger partial charge >= 0.3 is 0 Å². The van der Waals surface area contributed by atoms with Gasteiger partial charge in [-0.05, 0) is 25.8 Å². The third-order valence-corrected chi connectivity index (χ3v) is 4.65. The number of benzene rings is 1. The quantitative estimate of drug-likeness (QED) is 0.798. The summed E-state index contributed by atoms with van der Waals surface area (Å²) in [5.41, 5.74) is -0.173. The zero-order chi connectivity index (χ0) is 14.5. The van der Waals surface area contributed by atoms with Crippen LogP contribution in [0, 0.1) is 0 Å². The Bertz CT molecular complexity index is 405. The zero-order valence-corrected chi connectivity index (χ0v) is 13.2. The molecule has 4 heteroatoms. The standard InChI is InChI=1S/C15H21Cl2NO/c1-4-15(10-16,11-17)18-13(19)14(2,3)12-8-6-5-7-9-12/h5-9H,4,10-11H2,1-3H3,(H,18,19). The lowest BCUT2D eigenvalue weighted by atomic mass is 9.82. The fraction of sp³-hybridized carbons (Fsp3) is 0.533. The molecule has 0 atom stereocenters. The van der Waals surface area contributed by atoms with Crippen molar-refractivity contribution in [1.29, 1.82) is 0 Å². The Morgan fingerprint density at radius 2 is 1.68 bits per heavy atom. The summed E-state index contributed by atoms with van der Waals surface area (Å²) in [6.07, 6.45) is 0.705. The van der Waals surface area contributed by atoms with Gasteiger partial charge in [0.25, 0.3) is 0 Å². The molecule has 0 saturated heterocycles. The van der Waals surface area contributed by atoms with Crippen molar-refractivity contribution in [2.24, 2.45) is 0 Å². The number of alkyl halides is 2. The first-order chi connectivity index (χ1) is 8.91. The lowest BCUT2D eigenvalue weighted by Crippen LogP contribution is -2.55. The van der Waals surface area contributed by atoms with Crippen LogP contribution < -0.4 is 5.32 Å². The molecule has 2 nitrogen and oxygen atoms in total. The second-order valence-electron chi connectivity index (χ2n) is 5.35. The van der Waals surface area contributed by atoms with Gasteiger partial charge in [0.05, 0.1) is 11.0 Å². The van der Waals surface area contributed by atoms with E-state index in [4.69, 9.17) is 23.2 Å². The van der Waals surface area contributed by atoms with E-state index in [0.717, 1.165) is 5.56 Å². The van der Waals surface area contributed by atoms with E-state index in [9.17, 15) is 4.79 Å². The van der Waals surface area contributed by atoms with Crippen LogP contribution in [0.25, 0.3) is 0 Å². The van der Waals surface area contributed by atoms with E-state index in [-0.39, 0.29) is 5.91 Å². The number of nitrogens with one attached hydrogen (secondary N) is 1. The monoisotopic (exact) mass is 301 g/mol. The third-order valence-electron chi connectivity index (χ3n) is 3.63. The maximum atomic E-state index is 12.5. The summed E-state index contributed by atoms with van der Waals surface area (Å²) in [6.45, 7) is 5.78. The first-order valence-corrected chi connectivity index (χ1v) is 7.49. The van der Waals surface area contributed by atoms with Gasteiger partial charge in [0.15, 0.2) is 0 Å². The van der Waals surface area contributed by atoms with Crippen LogP contribution >= 0.6 is 23.2 Å². The molecule has 0 aromatic heterocycles. The van der Waals surface area contributed by atoms with E-state index in [1.54, 1.807) is 0 Å². The number of carbonyl (C=O) groups is 1. The smallest absolute Gasteiger partial charge is 0.230 e. The molecule has 0 heterocycles. The lowest BCUT2D eigenvalue weighted by molar-refractivity contribution is -0.127. The molecule has 0 aliphatic rings. The molecular formula is C15H21Cl2NO. The van der Waals surface area contributed by atoms with E-state index >= 15 is 0 Å². The third kappa shape index (κ3) is 3.64. The molecule has 1 N–H and O–H groups in total. The molecule has 0 fully saturated rings. The fourth-order valence-electron chi connectivity index (χ4n) is 1.76. The van der Waals surface area contributed by atoms with Crippen LogP contribution in [0.5, 0.6) is 0 Å². The summed E-state index contributed by atoms with van der Waals surface area (Å²) in [7, 11) is 0. The molecule has 0 bridgehead atoms. The highest BCUT2D eigenvalue weighted by Crippen LogP contribution is 2.25. The Morgan fingerprint density at radius 1 is 1.16 bits per heavy atom. The van der Waals surface area contributed by atoms with Crippen molar-refractivity contribution in [3.8, 4) is 0 Å². The van der Waals surface area contributed by atoms with Gasteiger partial charge in [-0.25, -0.2) is 0 Å². The summed E-state index contributed by atoms with van der Waals surface area (Å²) in [5.74, 6) is 0.564. The van der Waals surface area contributed by atoms with Crippen molar-refractivity contribution in [1.82, 2.24) is 5.32 Å². The molecule has 0 aliphatic carbocycles. The maximum Gasteiger partial charge on any atom is 0.230 e. The molecule has 0 saturated carbocycles. The first-order valence-electron chi connectivity index (χ1n) is 6.42. The van der Waals surface area contributed by atoms with Gasteiger partial charge in [-0.2, -0.15) is 0 Å². The van der Waals surface area contributed by atoms with E-state index in [2.05, 4.69) is 5.32 Å². The van der Waals surface area contributed by atoms with Crippen molar-refractivity contribution in [2.45, 2.75) is 38.1 Å². The predicted molar refractivity (Wildman–Crippen MR) is 82.1 cm³/mol. The fourth-order valence-corrected chi connectivity index (χ4v) is 2.56. The molecule has 0 unspecified atom stereocenters. The van der Waals surface area contributed by atoms with Crippen LogP contribution in [0.1, 0.15) is 32.8 Å². The molecule has 0 spiro atoms. The van der Waals surface area contributed by atoms with E-state index in [1.165, 1.54) is 0 Å². The van der Waals surface area contributed by atoms with Crippen LogP contribution in [-0.2, 0) is 10.2 Å². The molecule has 106 valence electrons. The van der Waals surface area contributed by atoms with E-state index < -0.39 is 11.0 Å². The summed E-state index contributed by atoms with van der Waals surface area (Å²) in [6, 6.07) is 9.70. The Morgan fingerprint density at radius 3 is 2.11 bits per heavy atom. The van der Waals surface area contributed by atoms with Gasteiger partial charge in [0, 0.05) is 11.8 Å². The Hall–Kier alpha value is -0.730. The lowest BCUT2D eigenvalue weighted by Gasteiger charge is -2.34. The molecule has 1 aromatic carbocycles. The van der Waals surface area contributed by atoms with Crippen molar-refractivity contribution in [3.05, 3.63) is 35.9 Å². The van der Waals surface area contributed by atoms with Crippen molar-refractivity contribution in [3.63, 3.8) is 0 Å². The maximum absolute atomic E-state index is 12.5. The topological polar surface area (TPSA) is 29.1 Å². The van der Waals surface area contributed by atoms with Gasteiger partial charge in [0.2, 0.25) is 5.91 Å². The van der Waals surface area contributed by atoms with Crippen LogP contribution in [0.15, 0.2) is 30.3 Å². The minimum Gasteiger partial charge on any atom is -0.348 e. The van der Waals surface area contributed by atoms with Gasteiger partial charge in [-0.3, -0.25) is 4.79 Å². The van der Waals surface area contributed by atoms with Crippen molar-refractivity contribution >= 4 is 29.1 Å². The number of halogens is 2. The number of carbonyl (C=O) groups excluding carboxylic acids is 1. The van der Waals surface area contributed by atoms with Crippen LogP contribution in [-0.4, -0.2) is 23.2 Å². The van der Waals surface area contributed by atoms with E-state index in [0.29, 0.717) is 18.2 Å².